The average molecular weight is 288 g/mol. The fourth-order valence-corrected chi connectivity index (χ4v) is 2.58. The molecule has 0 aromatic heterocycles. The molecular formula is C14H8O5S. The Morgan fingerprint density at radius 2 is 1.35 bits per heavy atom. The largest absolute Gasteiger partial charge is 0.383 e. The Morgan fingerprint density at radius 1 is 0.750 bits per heavy atom. The lowest BCUT2D eigenvalue weighted by molar-refractivity contribution is 0.0977. The van der Waals surface area contributed by atoms with E-state index in [-0.39, 0.29) is 28.2 Å². The second-order valence-corrected chi connectivity index (χ2v) is 4.83. The van der Waals surface area contributed by atoms with E-state index in [9.17, 15) is 18.0 Å². The lowest BCUT2D eigenvalue weighted by atomic mass is 9.84. The zero-order valence-corrected chi connectivity index (χ0v) is 10.9. The normalized spacial score (nSPS) is 13.1. The van der Waals surface area contributed by atoms with Gasteiger partial charge < -0.3 is 4.18 Å². The first-order valence-electron chi connectivity index (χ1n) is 5.73. The van der Waals surface area contributed by atoms with Gasteiger partial charge in [-0.2, -0.15) is 8.42 Å². The summed E-state index contributed by atoms with van der Waals surface area (Å²) in [6.45, 7) is 0. The van der Waals surface area contributed by atoms with Gasteiger partial charge in [-0.3, -0.25) is 9.59 Å². The fourth-order valence-electron chi connectivity index (χ4n) is 2.27. The zero-order chi connectivity index (χ0) is 14.3. The number of carbonyl (C=O) groups excluding carboxylic acids is 2. The van der Waals surface area contributed by atoms with Gasteiger partial charge in [-0.25, -0.2) is 0 Å². The molecule has 0 heterocycles. The minimum absolute atomic E-state index is 0.00426. The predicted octanol–water partition coefficient (Wildman–Crippen LogP) is 1.37. The van der Waals surface area contributed by atoms with Crippen molar-refractivity contribution in [1.82, 2.24) is 0 Å². The molecule has 5 nitrogen and oxygen atoms in total. The van der Waals surface area contributed by atoms with Crippen molar-refractivity contribution in [3.63, 3.8) is 0 Å². The molecular weight excluding hydrogens is 280 g/mol. The van der Waals surface area contributed by atoms with E-state index >= 15 is 0 Å². The van der Waals surface area contributed by atoms with Gasteiger partial charge in [-0.1, -0.05) is 36.4 Å². The lowest BCUT2D eigenvalue weighted by Gasteiger charge is -2.18. The standard InChI is InChI=1S/C14H8O5S/c15-13-8-4-1-2-5-9(8)14(16)12-10(13)6-3-7-11(12)19-20(17)18/h1-7,20H. The van der Waals surface area contributed by atoms with Crippen molar-refractivity contribution >= 4 is 22.6 Å². The molecule has 0 unspecified atom stereocenters. The summed E-state index contributed by atoms with van der Waals surface area (Å²) in [4.78, 5) is 24.8. The first-order chi connectivity index (χ1) is 9.59. The summed E-state index contributed by atoms with van der Waals surface area (Å²) < 4.78 is 26.0. The Kier molecular flexibility index (Phi) is 2.87. The summed E-state index contributed by atoms with van der Waals surface area (Å²) in [7, 11) is -3.16. The number of fused-ring (bicyclic) bond motifs is 2. The maximum Gasteiger partial charge on any atom is 0.299 e. The Bertz CT molecular complexity index is 812. The summed E-state index contributed by atoms with van der Waals surface area (Å²) in [6, 6.07) is 10.7. The molecule has 0 atom stereocenters. The van der Waals surface area contributed by atoms with Crippen LogP contribution in [-0.4, -0.2) is 20.0 Å². The molecule has 0 radical (unpaired) electrons. The van der Waals surface area contributed by atoms with E-state index in [1.165, 1.54) is 24.3 Å². The van der Waals surface area contributed by atoms with Crippen LogP contribution in [-0.2, 0) is 11.0 Å². The molecule has 0 amide bonds. The van der Waals surface area contributed by atoms with Crippen molar-refractivity contribution in [1.29, 1.82) is 0 Å². The highest BCUT2D eigenvalue weighted by Gasteiger charge is 2.32. The van der Waals surface area contributed by atoms with E-state index in [1.807, 2.05) is 0 Å². The molecule has 1 aliphatic carbocycles. The van der Waals surface area contributed by atoms with Crippen LogP contribution in [0.15, 0.2) is 42.5 Å². The van der Waals surface area contributed by atoms with Crippen LogP contribution in [0.1, 0.15) is 31.8 Å². The van der Waals surface area contributed by atoms with Crippen LogP contribution in [0.25, 0.3) is 0 Å². The van der Waals surface area contributed by atoms with Gasteiger partial charge in [0.15, 0.2) is 17.3 Å². The maximum atomic E-state index is 12.4. The quantitative estimate of drug-likeness (QED) is 0.721. The third kappa shape index (κ3) is 1.81. The zero-order valence-electron chi connectivity index (χ0n) is 10.0. The predicted molar refractivity (Wildman–Crippen MR) is 70.7 cm³/mol. The van der Waals surface area contributed by atoms with Crippen molar-refractivity contribution in [2.75, 3.05) is 0 Å². The highest BCUT2D eigenvalue weighted by molar-refractivity contribution is 7.67. The van der Waals surface area contributed by atoms with E-state index in [0.717, 1.165) is 0 Å². The van der Waals surface area contributed by atoms with Crippen LogP contribution in [0.5, 0.6) is 5.75 Å². The van der Waals surface area contributed by atoms with E-state index in [1.54, 1.807) is 18.2 Å². The van der Waals surface area contributed by atoms with Crippen LogP contribution in [0.3, 0.4) is 0 Å². The van der Waals surface area contributed by atoms with Gasteiger partial charge in [-0.15, -0.1) is 0 Å². The van der Waals surface area contributed by atoms with Crippen molar-refractivity contribution < 1.29 is 22.2 Å². The van der Waals surface area contributed by atoms with E-state index < -0.39 is 16.8 Å². The average Bonchev–Trinajstić information content (AvgIpc) is 2.44. The Labute approximate surface area is 116 Å². The Balaban J connectivity index is 2.28. The van der Waals surface area contributed by atoms with Crippen molar-refractivity contribution in [2.24, 2.45) is 0 Å². The van der Waals surface area contributed by atoms with Gasteiger partial charge in [0.05, 0.1) is 5.56 Å². The molecule has 0 fully saturated rings. The molecule has 2 aromatic rings. The fraction of sp³-hybridized carbons (Fsp3) is 0. The van der Waals surface area contributed by atoms with Gasteiger partial charge in [0.2, 0.25) is 0 Å². The number of rotatable bonds is 2. The molecule has 6 heteroatoms. The molecule has 1 aliphatic rings. The summed E-state index contributed by atoms with van der Waals surface area (Å²) in [6.07, 6.45) is 0. The Hall–Kier alpha value is -2.47. The third-order valence-corrected chi connectivity index (χ3v) is 3.43. The number of ketones is 2. The van der Waals surface area contributed by atoms with Crippen molar-refractivity contribution in [3.8, 4) is 5.75 Å². The van der Waals surface area contributed by atoms with Gasteiger partial charge >= 0.3 is 0 Å². The third-order valence-electron chi connectivity index (χ3n) is 3.09. The minimum Gasteiger partial charge on any atom is -0.383 e. The van der Waals surface area contributed by atoms with Crippen LogP contribution in [0, 0.1) is 0 Å². The lowest BCUT2D eigenvalue weighted by Crippen LogP contribution is -2.21. The molecule has 2 aromatic carbocycles. The second kappa shape index (κ2) is 4.57. The van der Waals surface area contributed by atoms with E-state index in [4.69, 9.17) is 0 Å². The van der Waals surface area contributed by atoms with Crippen LogP contribution in [0.2, 0.25) is 0 Å². The Morgan fingerprint density at radius 3 is 2.00 bits per heavy atom. The number of benzene rings is 2. The first kappa shape index (κ1) is 12.6. The van der Waals surface area contributed by atoms with Gasteiger partial charge in [0.1, 0.15) is 0 Å². The van der Waals surface area contributed by atoms with Crippen LogP contribution in [0.4, 0.5) is 0 Å². The highest BCUT2D eigenvalue weighted by atomic mass is 32.2. The van der Waals surface area contributed by atoms with Gasteiger partial charge in [0, 0.05) is 16.7 Å². The topological polar surface area (TPSA) is 77.5 Å². The van der Waals surface area contributed by atoms with Gasteiger partial charge in [-0.05, 0) is 6.07 Å². The smallest absolute Gasteiger partial charge is 0.299 e. The molecule has 100 valence electrons. The number of hydrogen-bond acceptors (Lipinski definition) is 5. The van der Waals surface area contributed by atoms with E-state index in [2.05, 4.69) is 4.18 Å². The summed E-state index contributed by atoms with van der Waals surface area (Å²) in [5.41, 5.74) is 0.717. The van der Waals surface area contributed by atoms with Crippen molar-refractivity contribution in [2.45, 2.75) is 0 Å². The number of carbonyl (C=O) groups is 2. The van der Waals surface area contributed by atoms with Gasteiger partial charge in [0.25, 0.3) is 11.0 Å². The molecule has 0 saturated carbocycles. The summed E-state index contributed by atoms with van der Waals surface area (Å²) in [5.74, 6) is -0.851. The summed E-state index contributed by atoms with van der Waals surface area (Å²) in [5, 5.41) is 0. The molecule has 3 rings (SSSR count). The number of hydrogen-bond donors (Lipinski definition) is 1. The van der Waals surface area contributed by atoms with E-state index in [0.29, 0.717) is 5.56 Å². The van der Waals surface area contributed by atoms with Crippen LogP contribution >= 0.6 is 0 Å². The van der Waals surface area contributed by atoms with Crippen LogP contribution < -0.4 is 4.18 Å². The molecule has 0 bridgehead atoms. The molecule has 0 N–H and O–H groups in total. The molecule has 0 saturated heterocycles. The first-order valence-corrected chi connectivity index (χ1v) is 6.83. The second-order valence-electron chi connectivity index (χ2n) is 4.20. The maximum absolute atomic E-state index is 12.4. The molecule has 20 heavy (non-hydrogen) atoms. The minimum atomic E-state index is -3.16. The summed E-state index contributed by atoms with van der Waals surface area (Å²) >= 11 is 0. The molecule has 0 spiro atoms. The monoisotopic (exact) mass is 288 g/mol. The number of thiol groups is 1. The molecule has 0 aliphatic heterocycles. The van der Waals surface area contributed by atoms with Crippen molar-refractivity contribution in [3.05, 3.63) is 64.7 Å². The highest BCUT2D eigenvalue weighted by Crippen LogP contribution is 2.33. The SMILES string of the molecule is O=C1c2ccccc2C(=O)c2c(O[SH](=O)=O)cccc21.